The van der Waals surface area contributed by atoms with Crippen molar-refractivity contribution in [3.8, 4) is 0 Å². The molecule has 1 rings (SSSR count). The van der Waals surface area contributed by atoms with Crippen molar-refractivity contribution < 1.29 is 14.6 Å². The van der Waals surface area contributed by atoms with Crippen LogP contribution in [0.15, 0.2) is 30.3 Å². The fourth-order valence-electron chi connectivity index (χ4n) is 1.54. The number of carboxylic acids is 1. The molecule has 1 aromatic rings. The van der Waals surface area contributed by atoms with Crippen LogP contribution in [0, 0.1) is 0 Å². The van der Waals surface area contributed by atoms with Crippen molar-refractivity contribution in [3.63, 3.8) is 0 Å². The smallest absolute Gasteiger partial charge is 0.316 e. The molecule has 1 unspecified atom stereocenters. The van der Waals surface area contributed by atoms with Crippen LogP contribution in [0.1, 0.15) is 18.9 Å². The lowest BCUT2D eigenvalue weighted by atomic mass is 10.1. The van der Waals surface area contributed by atoms with Gasteiger partial charge in [-0.2, -0.15) is 0 Å². The number of aliphatic carboxylic acids is 1. The van der Waals surface area contributed by atoms with Crippen LogP contribution in [0.4, 0.5) is 0 Å². The molecule has 18 heavy (non-hydrogen) atoms. The average Bonchev–Trinajstić information content (AvgIpc) is 2.38. The summed E-state index contributed by atoms with van der Waals surface area (Å²) in [7, 11) is 0. The number of hydrogen-bond acceptors (Lipinski definition) is 3. The van der Waals surface area contributed by atoms with Crippen molar-refractivity contribution in [3.05, 3.63) is 35.9 Å². The van der Waals surface area contributed by atoms with E-state index in [1.165, 1.54) is 11.8 Å². The number of thioether (sulfide) groups is 1. The molecule has 0 aliphatic carbocycles. The fourth-order valence-corrected chi connectivity index (χ4v) is 2.49. The van der Waals surface area contributed by atoms with Gasteiger partial charge >= 0.3 is 5.97 Å². The van der Waals surface area contributed by atoms with Gasteiger partial charge in [-0.1, -0.05) is 37.3 Å². The first kappa shape index (κ1) is 15.1. The second-order valence-corrected chi connectivity index (χ2v) is 5.31. The third kappa shape index (κ3) is 6.07. The minimum atomic E-state index is -0.751. The summed E-state index contributed by atoms with van der Waals surface area (Å²) in [6.07, 6.45) is 1.56. The van der Waals surface area contributed by atoms with Crippen LogP contribution in [-0.4, -0.2) is 35.3 Å². The zero-order valence-corrected chi connectivity index (χ0v) is 11.5. The van der Waals surface area contributed by atoms with Gasteiger partial charge < -0.3 is 9.84 Å². The predicted molar refractivity (Wildman–Crippen MR) is 75.1 cm³/mol. The Labute approximate surface area is 113 Å². The molecule has 100 valence electrons. The molecule has 0 saturated heterocycles. The molecule has 0 aromatic heterocycles. The largest absolute Gasteiger partial charge is 0.480 e. The number of hydrogen-bond donors (Lipinski definition) is 1. The van der Waals surface area contributed by atoms with E-state index in [0.717, 1.165) is 24.3 Å². The first-order chi connectivity index (χ1) is 8.74. The Morgan fingerprint density at radius 1 is 1.33 bits per heavy atom. The number of ether oxygens (including phenoxy) is 1. The van der Waals surface area contributed by atoms with E-state index < -0.39 is 11.2 Å². The number of benzene rings is 1. The van der Waals surface area contributed by atoms with Crippen molar-refractivity contribution in [2.75, 3.05) is 19.0 Å². The summed E-state index contributed by atoms with van der Waals surface area (Å²) in [5.41, 5.74) is 1.06. The van der Waals surface area contributed by atoms with Crippen LogP contribution in [0.3, 0.4) is 0 Å². The second-order valence-electron chi connectivity index (χ2n) is 4.00. The Hall–Kier alpha value is -1.00. The summed E-state index contributed by atoms with van der Waals surface area (Å²) in [6.45, 7) is 3.43. The highest BCUT2D eigenvalue weighted by Crippen LogP contribution is 2.17. The SMILES string of the molecule is CCCOCCSC(Cc1ccccc1)C(=O)O. The molecule has 1 atom stereocenters. The summed E-state index contributed by atoms with van der Waals surface area (Å²) in [5.74, 6) is -0.0246. The predicted octanol–water partition coefficient (Wildman–Crippen LogP) is 2.84. The van der Waals surface area contributed by atoms with Gasteiger partial charge in [0.1, 0.15) is 5.25 Å². The monoisotopic (exact) mass is 268 g/mol. The molecule has 0 aliphatic rings. The Bertz CT molecular complexity index is 340. The van der Waals surface area contributed by atoms with Gasteiger partial charge in [-0.05, 0) is 18.4 Å². The van der Waals surface area contributed by atoms with Crippen LogP contribution in [0.5, 0.6) is 0 Å². The summed E-state index contributed by atoms with van der Waals surface area (Å²) in [6, 6.07) is 9.73. The van der Waals surface area contributed by atoms with Crippen molar-refractivity contribution in [1.82, 2.24) is 0 Å². The molecule has 0 fully saturated rings. The lowest BCUT2D eigenvalue weighted by Gasteiger charge is -2.12. The summed E-state index contributed by atoms with van der Waals surface area (Å²) >= 11 is 1.45. The second kappa shape index (κ2) is 9.00. The highest BCUT2D eigenvalue weighted by Gasteiger charge is 2.17. The fraction of sp³-hybridized carbons (Fsp3) is 0.500. The molecule has 0 saturated carbocycles. The van der Waals surface area contributed by atoms with E-state index in [1.54, 1.807) is 0 Å². The first-order valence-corrected chi connectivity index (χ1v) is 7.25. The van der Waals surface area contributed by atoms with Crippen LogP contribution >= 0.6 is 11.8 Å². The number of carbonyl (C=O) groups is 1. The maximum atomic E-state index is 11.2. The summed E-state index contributed by atoms with van der Waals surface area (Å²) in [4.78, 5) is 11.2. The molecule has 3 nitrogen and oxygen atoms in total. The van der Waals surface area contributed by atoms with Crippen LogP contribution in [0.25, 0.3) is 0 Å². The van der Waals surface area contributed by atoms with E-state index >= 15 is 0 Å². The lowest BCUT2D eigenvalue weighted by molar-refractivity contribution is -0.136. The topological polar surface area (TPSA) is 46.5 Å². The standard InChI is InChI=1S/C14H20O3S/c1-2-8-17-9-10-18-13(14(15)16)11-12-6-4-3-5-7-12/h3-7,13H,2,8-11H2,1H3,(H,15,16). The maximum Gasteiger partial charge on any atom is 0.316 e. The normalized spacial score (nSPS) is 12.3. The molecule has 4 heteroatoms. The van der Waals surface area contributed by atoms with Crippen molar-refractivity contribution in [2.45, 2.75) is 25.0 Å². The van der Waals surface area contributed by atoms with Gasteiger partial charge in [0.05, 0.1) is 6.61 Å². The first-order valence-electron chi connectivity index (χ1n) is 6.20. The Kier molecular flexibility index (Phi) is 7.53. The number of rotatable bonds is 9. The Morgan fingerprint density at radius 2 is 2.06 bits per heavy atom. The van der Waals surface area contributed by atoms with Gasteiger partial charge in [0, 0.05) is 12.4 Å². The average molecular weight is 268 g/mol. The molecule has 0 bridgehead atoms. The Morgan fingerprint density at radius 3 is 2.67 bits per heavy atom. The van der Waals surface area contributed by atoms with E-state index in [4.69, 9.17) is 4.74 Å². The molecule has 0 radical (unpaired) electrons. The highest BCUT2D eigenvalue weighted by atomic mass is 32.2. The lowest BCUT2D eigenvalue weighted by Crippen LogP contribution is -2.20. The third-order valence-corrected chi connectivity index (χ3v) is 3.61. The van der Waals surface area contributed by atoms with Crippen LogP contribution in [0.2, 0.25) is 0 Å². The van der Waals surface area contributed by atoms with Gasteiger partial charge in [0.2, 0.25) is 0 Å². The van der Waals surface area contributed by atoms with Gasteiger partial charge in [-0.15, -0.1) is 11.8 Å². The molecule has 1 aromatic carbocycles. The molecule has 0 aliphatic heterocycles. The van der Waals surface area contributed by atoms with Crippen LogP contribution < -0.4 is 0 Å². The van der Waals surface area contributed by atoms with Crippen molar-refractivity contribution >= 4 is 17.7 Å². The van der Waals surface area contributed by atoms with Crippen LogP contribution in [-0.2, 0) is 16.0 Å². The molecule has 0 heterocycles. The molecular weight excluding hydrogens is 248 g/mol. The summed E-state index contributed by atoms with van der Waals surface area (Å²) < 4.78 is 5.35. The molecule has 1 N–H and O–H groups in total. The van der Waals surface area contributed by atoms with E-state index in [9.17, 15) is 9.90 Å². The minimum absolute atomic E-state index is 0.391. The molecule has 0 amide bonds. The van der Waals surface area contributed by atoms with E-state index in [1.807, 2.05) is 30.3 Å². The van der Waals surface area contributed by atoms with Gasteiger partial charge in [-0.25, -0.2) is 0 Å². The maximum absolute atomic E-state index is 11.2. The van der Waals surface area contributed by atoms with E-state index in [0.29, 0.717) is 13.0 Å². The minimum Gasteiger partial charge on any atom is -0.480 e. The zero-order valence-electron chi connectivity index (χ0n) is 10.7. The zero-order chi connectivity index (χ0) is 13.2. The van der Waals surface area contributed by atoms with Gasteiger partial charge in [0.25, 0.3) is 0 Å². The summed E-state index contributed by atoms with van der Waals surface area (Å²) in [5, 5.41) is 8.78. The van der Waals surface area contributed by atoms with E-state index in [-0.39, 0.29) is 0 Å². The third-order valence-electron chi connectivity index (χ3n) is 2.43. The van der Waals surface area contributed by atoms with Gasteiger partial charge in [-0.3, -0.25) is 4.79 Å². The number of carboxylic acid groups (broad SMARTS) is 1. The van der Waals surface area contributed by atoms with Crippen molar-refractivity contribution in [1.29, 1.82) is 0 Å². The Balaban J connectivity index is 2.34. The van der Waals surface area contributed by atoms with E-state index in [2.05, 4.69) is 6.92 Å². The van der Waals surface area contributed by atoms with Crippen molar-refractivity contribution in [2.24, 2.45) is 0 Å². The highest BCUT2D eigenvalue weighted by molar-refractivity contribution is 8.00. The van der Waals surface area contributed by atoms with Gasteiger partial charge in [0.15, 0.2) is 0 Å². The molecule has 0 spiro atoms. The quantitative estimate of drug-likeness (QED) is 0.700. The molecular formula is C14H20O3S.